The fraction of sp³-hybridized carbons (Fsp3) is 0.222. The molecule has 2 aromatic carbocycles. The lowest BCUT2D eigenvalue weighted by Crippen LogP contribution is -2.22. The molecule has 1 amide bonds. The molecule has 0 aliphatic carbocycles. The summed E-state index contributed by atoms with van der Waals surface area (Å²) in [5.74, 6) is -1.33. The number of hydrogen-bond acceptors (Lipinski definition) is 5. The number of halogens is 1. The second-order valence-electron chi connectivity index (χ2n) is 5.49. The molecule has 0 aromatic heterocycles. The molecule has 0 aliphatic heterocycles. The molecule has 0 saturated carbocycles. The standard InChI is InChI=1S/C18H19ClN2O5S/c1-3-12-6-4-5-7-15(12)21-17(22)11-26-18(23)13-8-9-14(19)16(10-13)27(24,25)20-2/h4-10,20H,3,11H2,1-2H3,(H,21,22). The van der Waals surface area contributed by atoms with Crippen LogP contribution in [0.2, 0.25) is 5.02 Å². The quantitative estimate of drug-likeness (QED) is 0.683. The van der Waals surface area contributed by atoms with Crippen molar-refractivity contribution in [2.75, 3.05) is 19.0 Å². The number of ether oxygens (including phenoxy) is 1. The Labute approximate surface area is 162 Å². The number of hydrogen-bond donors (Lipinski definition) is 2. The van der Waals surface area contributed by atoms with Crippen LogP contribution >= 0.6 is 11.6 Å². The average Bonchev–Trinajstić information content (AvgIpc) is 2.66. The number of esters is 1. The highest BCUT2D eigenvalue weighted by atomic mass is 35.5. The summed E-state index contributed by atoms with van der Waals surface area (Å²) < 4.78 is 30.9. The molecule has 0 radical (unpaired) electrons. The lowest BCUT2D eigenvalue weighted by molar-refractivity contribution is -0.119. The first kappa shape index (κ1) is 20.9. The van der Waals surface area contributed by atoms with Crippen molar-refractivity contribution in [1.29, 1.82) is 0 Å². The maximum absolute atomic E-state index is 12.1. The predicted molar refractivity (Wildman–Crippen MR) is 102 cm³/mol. The Morgan fingerprint density at radius 1 is 1.15 bits per heavy atom. The van der Waals surface area contributed by atoms with Gasteiger partial charge in [-0.25, -0.2) is 17.9 Å². The van der Waals surface area contributed by atoms with E-state index in [0.717, 1.165) is 18.1 Å². The van der Waals surface area contributed by atoms with Gasteiger partial charge in [-0.15, -0.1) is 0 Å². The zero-order valence-corrected chi connectivity index (χ0v) is 16.4. The molecular weight excluding hydrogens is 392 g/mol. The van der Waals surface area contributed by atoms with Crippen molar-refractivity contribution in [2.45, 2.75) is 18.2 Å². The minimum atomic E-state index is -3.83. The number of amides is 1. The minimum absolute atomic E-state index is 0.0324. The van der Waals surface area contributed by atoms with Gasteiger partial charge >= 0.3 is 5.97 Å². The molecule has 0 spiro atoms. The van der Waals surface area contributed by atoms with Crippen molar-refractivity contribution in [1.82, 2.24) is 4.72 Å². The SMILES string of the molecule is CCc1ccccc1NC(=O)COC(=O)c1ccc(Cl)c(S(=O)(=O)NC)c1. The fourth-order valence-corrected chi connectivity index (χ4v) is 3.55. The van der Waals surface area contributed by atoms with E-state index in [1.54, 1.807) is 12.1 Å². The molecule has 27 heavy (non-hydrogen) atoms. The zero-order valence-electron chi connectivity index (χ0n) is 14.8. The van der Waals surface area contributed by atoms with Crippen molar-refractivity contribution in [3.05, 3.63) is 58.6 Å². The van der Waals surface area contributed by atoms with Crippen LogP contribution in [0.4, 0.5) is 5.69 Å². The number of benzene rings is 2. The van der Waals surface area contributed by atoms with Crippen molar-refractivity contribution in [3.63, 3.8) is 0 Å². The van der Waals surface area contributed by atoms with E-state index in [1.807, 2.05) is 19.1 Å². The van der Waals surface area contributed by atoms with Gasteiger partial charge in [-0.05, 0) is 43.3 Å². The second kappa shape index (κ2) is 8.98. The highest BCUT2D eigenvalue weighted by molar-refractivity contribution is 7.89. The molecule has 2 aromatic rings. The first-order chi connectivity index (χ1) is 12.8. The Bertz CT molecular complexity index is 960. The zero-order chi connectivity index (χ0) is 20.0. The van der Waals surface area contributed by atoms with Gasteiger partial charge < -0.3 is 10.1 Å². The summed E-state index contributed by atoms with van der Waals surface area (Å²) in [5, 5.41) is 2.65. The first-order valence-corrected chi connectivity index (χ1v) is 9.92. The molecule has 0 unspecified atom stereocenters. The maximum Gasteiger partial charge on any atom is 0.338 e. The summed E-state index contributed by atoms with van der Waals surface area (Å²) in [6.45, 7) is 1.45. The highest BCUT2D eigenvalue weighted by Crippen LogP contribution is 2.23. The number of nitrogens with one attached hydrogen (secondary N) is 2. The van der Waals surface area contributed by atoms with Gasteiger partial charge in [0, 0.05) is 5.69 Å². The van der Waals surface area contributed by atoms with E-state index in [4.69, 9.17) is 16.3 Å². The first-order valence-electron chi connectivity index (χ1n) is 8.06. The molecule has 0 heterocycles. The van der Waals surface area contributed by atoms with E-state index in [0.29, 0.717) is 5.69 Å². The summed E-state index contributed by atoms with van der Waals surface area (Å²) in [5.41, 5.74) is 1.57. The molecule has 0 saturated heterocycles. The smallest absolute Gasteiger partial charge is 0.338 e. The van der Waals surface area contributed by atoms with Crippen LogP contribution in [0.15, 0.2) is 47.4 Å². The van der Waals surface area contributed by atoms with Crippen LogP contribution in [0, 0.1) is 0 Å². The number of anilines is 1. The molecule has 2 rings (SSSR count). The van der Waals surface area contributed by atoms with Gasteiger partial charge in [0.25, 0.3) is 5.91 Å². The molecule has 9 heteroatoms. The van der Waals surface area contributed by atoms with Crippen LogP contribution in [-0.2, 0) is 26.0 Å². The van der Waals surface area contributed by atoms with Crippen LogP contribution in [-0.4, -0.2) is 33.9 Å². The Hall–Kier alpha value is -2.42. The fourth-order valence-electron chi connectivity index (χ4n) is 2.30. The van der Waals surface area contributed by atoms with Gasteiger partial charge in [-0.2, -0.15) is 0 Å². The van der Waals surface area contributed by atoms with Crippen LogP contribution in [0.1, 0.15) is 22.8 Å². The number of sulfonamides is 1. The summed E-state index contributed by atoms with van der Waals surface area (Å²) in [6, 6.07) is 11.0. The number of aryl methyl sites for hydroxylation is 1. The number of carbonyl (C=O) groups is 2. The van der Waals surface area contributed by atoms with Crippen molar-refractivity contribution >= 4 is 39.2 Å². The lowest BCUT2D eigenvalue weighted by Gasteiger charge is -2.11. The average molecular weight is 411 g/mol. The third-order valence-corrected chi connectivity index (χ3v) is 5.63. The molecular formula is C18H19ClN2O5S. The summed E-state index contributed by atoms with van der Waals surface area (Å²) in [6.07, 6.45) is 0.740. The normalized spacial score (nSPS) is 11.1. The van der Waals surface area contributed by atoms with E-state index in [9.17, 15) is 18.0 Å². The van der Waals surface area contributed by atoms with Crippen LogP contribution < -0.4 is 10.0 Å². The van der Waals surface area contributed by atoms with E-state index >= 15 is 0 Å². The Balaban J connectivity index is 2.05. The maximum atomic E-state index is 12.1. The predicted octanol–water partition coefficient (Wildman–Crippen LogP) is 2.61. The molecule has 144 valence electrons. The van der Waals surface area contributed by atoms with E-state index < -0.39 is 28.5 Å². The van der Waals surface area contributed by atoms with Gasteiger partial charge in [-0.1, -0.05) is 36.7 Å². The minimum Gasteiger partial charge on any atom is -0.452 e. The van der Waals surface area contributed by atoms with Gasteiger partial charge in [0.2, 0.25) is 10.0 Å². The van der Waals surface area contributed by atoms with E-state index in [1.165, 1.54) is 19.2 Å². The molecule has 7 nitrogen and oxygen atoms in total. The molecule has 2 N–H and O–H groups in total. The molecule has 0 atom stereocenters. The number of rotatable bonds is 7. The van der Waals surface area contributed by atoms with Crippen LogP contribution in [0.5, 0.6) is 0 Å². The highest BCUT2D eigenvalue weighted by Gasteiger charge is 2.19. The van der Waals surface area contributed by atoms with E-state index in [-0.39, 0.29) is 15.5 Å². The molecule has 0 bridgehead atoms. The Morgan fingerprint density at radius 3 is 2.52 bits per heavy atom. The third kappa shape index (κ3) is 5.29. The largest absolute Gasteiger partial charge is 0.452 e. The van der Waals surface area contributed by atoms with Gasteiger partial charge in [0.15, 0.2) is 6.61 Å². The lowest BCUT2D eigenvalue weighted by atomic mass is 10.1. The summed E-state index contributed by atoms with van der Waals surface area (Å²) in [4.78, 5) is 23.9. The Kier molecular flexibility index (Phi) is 6.95. The van der Waals surface area contributed by atoms with Gasteiger partial charge in [0.1, 0.15) is 4.90 Å². The van der Waals surface area contributed by atoms with Crippen LogP contribution in [0.25, 0.3) is 0 Å². The van der Waals surface area contributed by atoms with Crippen molar-refractivity contribution < 1.29 is 22.7 Å². The second-order valence-corrected chi connectivity index (χ2v) is 7.75. The van der Waals surface area contributed by atoms with Crippen molar-refractivity contribution in [3.8, 4) is 0 Å². The van der Waals surface area contributed by atoms with Gasteiger partial charge in [0.05, 0.1) is 10.6 Å². The number of carbonyl (C=O) groups excluding carboxylic acids is 2. The van der Waals surface area contributed by atoms with Gasteiger partial charge in [-0.3, -0.25) is 4.79 Å². The summed E-state index contributed by atoms with van der Waals surface area (Å²) in [7, 11) is -2.60. The third-order valence-electron chi connectivity index (χ3n) is 3.73. The monoisotopic (exact) mass is 410 g/mol. The number of para-hydroxylation sites is 1. The molecule has 0 fully saturated rings. The van der Waals surface area contributed by atoms with E-state index in [2.05, 4.69) is 10.0 Å². The van der Waals surface area contributed by atoms with Crippen molar-refractivity contribution in [2.24, 2.45) is 0 Å². The Morgan fingerprint density at radius 2 is 1.85 bits per heavy atom. The van der Waals surface area contributed by atoms with Crippen LogP contribution in [0.3, 0.4) is 0 Å². The molecule has 0 aliphatic rings. The summed E-state index contributed by atoms with van der Waals surface area (Å²) >= 11 is 5.88. The topological polar surface area (TPSA) is 102 Å².